The van der Waals surface area contributed by atoms with Gasteiger partial charge in [-0.1, -0.05) is 30.3 Å². The van der Waals surface area contributed by atoms with Crippen molar-refractivity contribution < 1.29 is 18.7 Å². The minimum Gasteiger partial charge on any atom is -0.489 e. The third-order valence-corrected chi connectivity index (χ3v) is 5.11. The Kier molecular flexibility index (Phi) is 6.13. The Bertz CT molecular complexity index is 1010. The number of hydrogen-bond acceptors (Lipinski definition) is 4. The van der Waals surface area contributed by atoms with Gasteiger partial charge in [-0.15, -0.1) is 0 Å². The predicted molar refractivity (Wildman–Crippen MR) is 112 cm³/mol. The van der Waals surface area contributed by atoms with Crippen molar-refractivity contribution in [1.82, 2.24) is 10.2 Å². The summed E-state index contributed by atoms with van der Waals surface area (Å²) in [7, 11) is 0. The zero-order valence-electron chi connectivity index (χ0n) is 16.7. The van der Waals surface area contributed by atoms with Crippen LogP contribution in [-0.2, 0) is 13.2 Å². The van der Waals surface area contributed by atoms with Crippen LogP contribution in [0.3, 0.4) is 0 Å². The van der Waals surface area contributed by atoms with E-state index in [2.05, 4.69) is 5.32 Å². The molecule has 30 heavy (non-hydrogen) atoms. The highest BCUT2D eigenvalue weighted by atomic mass is 16.5. The van der Waals surface area contributed by atoms with Crippen LogP contribution in [0.15, 0.2) is 71.3 Å². The van der Waals surface area contributed by atoms with Crippen molar-refractivity contribution in [2.24, 2.45) is 0 Å². The lowest BCUT2D eigenvalue weighted by atomic mass is 10.1. The van der Waals surface area contributed by atoms with E-state index in [1.54, 1.807) is 6.07 Å². The molecule has 0 radical (unpaired) electrons. The van der Waals surface area contributed by atoms with Crippen molar-refractivity contribution >= 4 is 11.8 Å². The second kappa shape index (κ2) is 9.31. The van der Waals surface area contributed by atoms with Gasteiger partial charge in [0.15, 0.2) is 5.76 Å². The highest BCUT2D eigenvalue weighted by molar-refractivity contribution is 5.95. The van der Waals surface area contributed by atoms with Gasteiger partial charge in [0, 0.05) is 30.8 Å². The summed E-state index contributed by atoms with van der Waals surface area (Å²) in [6.45, 7) is 2.17. The monoisotopic (exact) mass is 404 g/mol. The highest BCUT2D eigenvalue weighted by Crippen LogP contribution is 2.17. The Morgan fingerprint density at radius 3 is 2.60 bits per heavy atom. The minimum atomic E-state index is -0.317. The predicted octanol–water partition coefficient (Wildman–Crippen LogP) is 4.02. The molecule has 0 unspecified atom stereocenters. The van der Waals surface area contributed by atoms with E-state index in [0.29, 0.717) is 17.7 Å². The summed E-state index contributed by atoms with van der Waals surface area (Å²) in [5.41, 5.74) is 2.19. The van der Waals surface area contributed by atoms with Gasteiger partial charge in [0.2, 0.25) is 0 Å². The molecule has 3 aromatic rings. The van der Waals surface area contributed by atoms with E-state index in [1.807, 2.05) is 59.5 Å². The molecule has 0 spiro atoms. The second-order valence-corrected chi connectivity index (χ2v) is 7.26. The van der Waals surface area contributed by atoms with Gasteiger partial charge in [-0.2, -0.15) is 0 Å². The Balaban J connectivity index is 1.35. The Labute approximate surface area is 175 Å². The van der Waals surface area contributed by atoms with Crippen LogP contribution in [0.2, 0.25) is 0 Å². The van der Waals surface area contributed by atoms with Gasteiger partial charge in [0.05, 0.1) is 6.26 Å². The highest BCUT2D eigenvalue weighted by Gasteiger charge is 2.20. The topological polar surface area (TPSA) is 71.8 Å². The molecule has 1 aliphatic heterocycles. The largest absolute Gasteiger partial charge is 0.489 e. The van der Waals surface area contributed by atoms with Crippen molar-refractivity contribution in [3.63, 3.8) is 0 Å². The standard InChI is InChI=1S/C24H24N2O4/c27-23(22-20(11-14-29-22)17-30-21-9-2-1-3-10-21)25-16-18-7-6-8-19(15-18)24(28)26-12-4-5-13-26/h1-3,6-11,14-15H,4-5,12-13,16-17H2,(H,25,27). The normalized spacial score (nSPS) is 13.3. The lowest BCUT2D eigenvalue weighted by molar-refractivity contribution is 0.0792. The number of hydrogen-bond donors (Lipinski definition) is 1. The summed E-state index contributed by atoms with van der Waals surface area (Å²) in [6.07, 6.45) is 3.59. The SMILES string of the molecule is O=C(NCc1cccc(C(=O)N2CCCC2)c1)c1occc1COc1ccccc1. The second-order valence-electron chi connectivity index (χ2n) is 7.26. The summed E-state index contributed by atoms with van der Waals surface area (Å²) in [5, 5.41) is 2.86. The molecule has 6 heteroatoms. The molecule has 1 aliphatic rings. The maximum Gasteiger partial charge on any atom is 0.287 e. The average molecular weight is 404 g/mol. The summed E-state index contributed by atoms with van der Waals surface area (Å²) < 4.78 is 11.1. The van der Waals surface area contributed by atoms with Gasteiger partial charge in [0.1, 0.15) is 12.4 Å². The van der Waals surface area contributed by atoms with Gasteiger partial charge in [-0.3, -0.25) is 9.59 Å². The lowest BCUT2D eigenvalue weighted by Gasteiger charge is -2.15. The zero-order chi connectivity index (χ0) is 20.8. The van der Waals surface area contributed by atoms with E-state index in [9.17, 15) is 9.59 Å². The molecule has 1 N–H and O–H groups in total. The molecule has 4 rings (SSSR count). The molecule has 0 saturated carbocycles. The van der Waals surface area contributed by atoms with Gasteiger partial charge in [-0.25, -0.2) is 0 Å². The average Bonchev–Trinajstić information content (AvgIpc) is 3.49. The molecule has 0 atom stereocenters. The summed E-state index contributed by atoms with van der Waals surface area (Å²) in [5.74, 6) is 0.690. The molecule has 2 aromatic carbocycles. The lowest BCUT2D eigenvalue weighted by Crippen LogP contribution is -2.28. The van der Waals surface area contributed by atoms with Crippen molar-refractivity contribution in [1.29, 1.82) is 0 Å². The van der Waals surface area contributed by atoms with E-state index < -0.39 is 0 Å². The molecule has 2 heterocycles. The van der Waals surface area contributed by atoms with Crippen LogP contribution in [0.1, 0.15) is 44.9 Å². The number of carbonyl (C=O) groups is 2. The molecule has 154 valence electrons. The first-order chi connectivity index (χ1) is 14.7. The van der Waals surface area contributed by atoms with Gasteiger partial charge < -0.3 is 19.4 Å². The molecular formula is C24H24N2O4. The molecule has 6 nitrogen and oxygen atoms in total. The smallest absolute Gasteiger partial charge is 0.287 e. The fourth-order valence-corrected chi connectivity index (χ4v) is 3.51. The third kappa shape index (κ3) is 4.71. The number of rotatable bonds is 7. The summed E-state index contributed by atoms with van der Waals surface area (Å²) in [6, 6.07) is 18.5. The molecule has 1 saturated heterocycles. The number of carbonyl (C=O) groups excluding carboxylic acids is 2. The van der Waals surface area contributed by atoms with Crippen molar-refractivity contribution in [3.8, 4) is 5.75 Å². The Hall–Kier alpha value is -3.54. The van der Waals surface area contributed by atoms with E-state index in [0.717, 1.165) is 37.2 Å². The summed E-state index contributed by atoms with van der Waals surface area (Å²) >= 11 is 0. The van der Waals surface area contributed by atoms with E-state index in [-0.39, 0.29) is 24.2 Å². The molecule has 1 aromatic heterocycles. The van der Waals surface area contributed by atoms with Crippen molar-refractivity contribution in [2.75, 3.05) is 13.1 Å². The van der Waals surface area contributed by atoms with Crippen LogP contribution in [0.25, 0.3) is 0 Å². The number of ether oxygens (including phenoxy) is 1. The first-order valence-corrected chi connectivity index (χ1v) is 10.1. The van der Waals surface area contributed by atoms with E-state index in [4.69, 9.17) is 9.15 Å². The molecular weight excluding hydrogens is 380 g/mol. The van der Waals surface area contributed by atoms with Crippen LogP contribution in [-0.4, -0.2) is 29.8 Å². The van der Waals surface area contributed by atoms with Crippen LogP contribution in [0, 0.1) is 0 Å². The maximum atomic E-state index is 12.6. The fourth-order valence-electron chi connectivity index (χ4n) is 3.51. The summed E-state index contributed by atoms with van der Waals surface area (Å²) in [4.78, 5) is 27.0. The fraction of sp³-hybridized carbons (Fsp3) is 0.250. The quantitative estimate of drug-likeness (QED) is 0.646. The van der Waals surface area contributed by atoms with Crippen molar-refractivity contribution in [2.45, 2.75) is 26.0 Å². The van der Waals surface area contributed by atoms with Gasteiger partial charge >= 0.3 is 0 Å². The Morgan fingerprint density at radius 1 is 1.00 bits per heavy atom. The number of benzene rings is 2. The molecule has 1 fully saturated rings. The van der Waals surface area contributed by atoms with E-state index in [1.165, 1.54) is 6.26 Å². The van der Waals surface area contributed by atoms with Gasteiger partial charge in [0.25, 0.3) is 11.8 Å². The number of likely N-dealkylation sites (tertiary alicyclic amines) is 1. The number of nitrogens with one attached hydrogen (secondary N) is 1. The minimum absolute atomic E-state index is 0.0482. The number of furan rings is 1. The molecule has 0 bridgehead atoms. The Morgan fingerprint density at radius 2 is 1.80 bits per heavy atom. The van der Waals surface area contributed by atoms with E-state index >= 15 is 0 Å². The number of nitrogens with zero attached hydrogens (tertiary/aromatic N) is 1. The first kappa shape index (κ1) is 19.8. The third-order valence-electron chi connectivity index (χ3n) is 5.11. The molecule has 2 amide bonds. The maximum absolute atomic E-state index is 12.6. The van der Waals surface area contributed by atoms with Crippen LogP contribution in [0.5, 0.6) is 5.75 Å². The van der Waals surface area contributed by atoms with Crippen LogP contribution in [0.4, 0.5) is 0 Å². The first-order valence-electron chi connectivity index (χ1n) is 10.1. The number of amides is 2. The zero-order valence-corrected chi connectivity index (χ0v) is 16.7. The van der Waals surface area contributed by atoms with Crippen molar-refractivity contribution in [3.05, 3.63) is 89.4 Å². The van der Waals surface area contributed by atoms with Gasteiger partial charge in [-0.05, 0) is 48.7 Å². The number of para-hydroxylation sites is 1. The molecule has 0 aliphatic carbocycles. The van der Waals surface area contributed by atoms with Crippen LogP contribution >= 0.6 is 0 Å². The van der Waals surface area contributed by atoms with Crippen LogP contribution < -0.4 is 10.1 Å².